The van der Waals surface area contributed by atoms with E-state index in [9.17, 15) is 4.79 Å². The van der Waals surface area contributed by atoms with Gasteiger partial charge < -0.3 is 10.5 Å². The number of ether oxygens (including phenoxy) is 1. The van der Waals surface area contributed by atoms with E-state index in [1.54, 1.807) is 0 Å². The van der Waals surface area contributed by atoms with Gasteiger partial charge in [0.1, 0.15) is 0 Å². The summed E-state index contributed by atoms with van der Waals surface area (Å²) in [6.07, 6.45) is 15.5. The maximum atomic E-state index is 11.2. The van der Waals surface area contributed by atoms with Crippen molar-refractivity contribution in [1.82, 2.24) is 0 Å². The lowest BCUT2D eigenvalue weighted by Crippen LogP contribution is -2.20. The molecule has 0 aromatic heterocycles. The van der Waals surface area contributed by atoms with Crippen molar-refractivity contribution in [3.63, 3.8) is 0 Å². The van der Waals surface area contributed by atoms with Gasteiger partial charge in [0.2, 0.25) is 0 Å². The molecule has 1 atom stereocenters. The first-order chi connectivity index (χ1) is 10.2. The van der Waals surface area contributed by atoms with Crippen molar-refractivity contribution in [2.45, 2.75) is 90.9 Å². The van der Waals surface area contributed by atoms with Crippen molar-refractivity contribution in [3.8, 4) is 0 Å². The monoisotopic (exact) mass is 335 g/mol. The summed E-state index contributed by atoms with van der Waals surface area (Å²) < 4.78 is 5.24. The van der Waals surface area contributed by atoms with Crippen LogP contribution in [0.3, 0.4) is 0 Å². The quantitative estimate of drug-likeness (QED) is 0.328. The molecule has 2 N–H and O–H groups in total. The predicted molar refractivity (Wildman–Crippen MR) is 97.5 cm³/mol. The van der Waals surface area contributed by atoms with E-state index in [2.05, 4.69) is 13.8 Å². The summed E-state index contributed by atoms with van der Waals surface area (Å²) in [4.78, 5) is 11.2. The van der Waals surface area contributed by atoms with Crippen molar-refractivity contribution >= 4 is 18.4 Å². The molecule has 0 saturated carbocycles. The average molecular weight is 336 g/mol. The smallest absolute Gasteiger partial charge is 0.319 e. The van der Waals surface area contributed by atoms with Crippen molar-refractivity contribution < 1.29 is 9.53 Å². The highest BCUT2D eigenvalue weighted by molar-refractivity contribution is 5.85. The third-order valence-corrected chi connectivity index (χ3v) is 4.08. The number of unbranched alkanes of at least 4 members (excludes halogenated alkanes) is 8. The largest absolute Gasteiger partial charge is 0.464 e. The summed E-state index contributed by atoms with van der Waals surface area (Å²) in [5.74, 6) is 0.264. The summed E-state index contributed by atoms with van der Waals surface area (Å²) >= 11 is 0. The predicted octanol–water partition coefficient (Wildman–Crippen LogP) is 5.25. The number of carbonyl (C=O) groups is 1. The maximum Gasteiger partial charge on any atom is 0.319 e. The maximum absolute atomic E-state index is 11.2. The first kappa shape index (κ1) is 24.0. The SMILES string of the molecule is CCCCCCCCC(CCCCCC)COC(=O)CN.Cl. The summed E-state index contributed by atoms with van der Waals surface area (Å²) in [6.45, 7) is 5.05. The molecule has 0 aliphatic rings. The summed E-state index contributed by atoms with van der Waals surface area (Å²) in [6, 6.07) is 0. The molecule has 3 nitrogen and oxygen atoms in total. The van der Waals surface area contributed by atoms with E-state index in [0.717, 1.165) is 0 Å². The van der Waals surface area contributed by atoms with Gasteiger partial charge in [0.25, 0.3) is 0 Å². The van der Waals surface area contributed by atoms with E-state index >= 15 is 0 Å². The fourth-order valence-electron chi connectivity index (χ4n) is 2.65. The number of halogens is 1. The Morgan fingerprint density at radius 2 is 1.32 bits per heavy atom. The molecule has 0 aliphatic heterocycles. The van der Waals surface area contributed by atoms with Crippen molar-refractivity contribution in [3.05, 3.63) is 0 Å². The van der Waals surface area contributed by atoms with E-state index in [1.807, 2.05) is 0 Å². The van der Waals surface area contributed by atoms with Gasteiger partial charge in [0.15, 0.2) is 0 Å². The van der Waals surface area contributed by atoms with Crippen LogP contribution in [0.5, 0.6) is 0 Å². The van der Waals surface area contributed by atoms with Gasteiger partial charge in [-0.2, -0.15) is 0 Å². The first-order valence-corrected chi connectivity index (χ1v) is 9.10. The summed E-state index contributed by atoms with van der Waals surface area (Å²) in [5.41, 5.74) is 5.29. The van der Waals surface area contributed by atoms with Crippen LogP contribution >= 0.6 is 12.4 Å². The van der Waals surface area contributed by atoms with Crippen LogP contribution in [0.1, 0.15) is 90.9 Å². The lowest BCUT2D eigenvalue weighted by Gasteiger charge is -2.17. The van der Waals surface area contributed by atoms with Crippen LogP contribution in [0.2, 0.25) is 0 Å². The lowest BCUT2D eigenvalue weighted by atomic mass is 9.95. The van der Waals surface area contributed by atoms with Gasteiger partial charge in [-0.05, 0) is 18.8 Å². The zero-order chi connectivity index (χ0) is 15.8. The number of hydrogen-bond donors (Lipinski definition) is 1. The van der Waals surface area contributed by atoms with Crippen molar-refractivity contribution in [2.75, 3.05) is 13.2 Å². The Labute approximate surface area is 144 Å². The van der Waals surface area contributed by atoms with E-state index in [0.29, 0.717) is 12.5 Å². The second kappa shape index (κ2) is 18.8. The van der Waals surface area contributed by atoms with Gasteiger partial charge >= 0.3 is 5.97 Å². The third kappa shape index (κ3) is 16.1. The Kier molecular flexibility index (Phi) is 20.5. The Morgan fingerprint density at radius 3 is 1.82 bits per heavy atom. The van der Waals surface area contributed by atoms with Crippen molar-refractivity contribution in [2.24, 2.45) is 11.7 Å². The molecule has 1 unspecified atom stereocenters. The van der Waals surface area contributed by atoms with Gasteiger partial charge in [-0.15, -0.1) is 12.4 Å². The van der Waals surface area contributed by atoms with Crippen LogP contribution in [0.25, 0.3) is 0 Å². The molecule has 0 bridgehead atoms. The molecule has 0 heterocycles. The molecule has 22 heavy (non-hydrogen) atoms. The minimum absolute atomic E-state index is 0. The number of nitrogens with two attached hydrogens (primary N) is 1. The standard InChI is InChI=1S/C18H37NO2.ClH/c1-3-5-7-9-10-12-14-17(13-11-8-6-4-2)16-21-18(20)15-19;/h17H,3-16,19H2,1-2H3;1H. The Morgan fingerprint density at radius 1 is 0.864 bits per heavy atom. The Bertz CT molecular complexity index is 237. The highest BCUT2D eigenvalue weighted by atomic mass is 35.5. The zero-order valence-corrected chi connectivity index (χ0v) is 15.6. The molecule has 0 aromatic carbocycles. The summed E-state index contributed by atoms with van der Waals surface area (Å²) in [5, 5.41) is 0. The number of esters is 1. The fraction of sp³-hybridized carbons (Fsp3) is 0.944. The normalized spacial score (nSPS) is 11.8. The average Bonchev–Trinajstić information content (AvgIpc) is 2.51. The minimum atomic E-state index is -0.267. The molecule has 134 valence electrons. The topological polar surface area (TPSA) is 52.3 Å². The molecule has 0 aromatic rings. The Hall–Kier alpha value is -0.280. The molecule has 0 spiro atoms. The molecule has 0 aliphatic carbocycles. The molecule has 0 amide bonds. The first-order valence-electron chi connectivity index (χ1n) is 9.10. The number of hydrogen-bond acceptors (Lipinski definition) is 3. The molecular formula is C18H38ClNO2. The van der Waals surface area contributed by atoms with Gasteiger partial charge in [0.05, 0.1) is 13.2 Å². The second-order valence-corrected chi connectivity index (χ2v) is 6.16. The lowest BCUT2D eigenvalue weighted by molar-refractivity contribution is -0.143. The van der Waals surface area contributed by atoms with Crippen LogP contribution in [-0.2, 0) is 9.53 Å². The zero-order valence-electron chi connectivity index (χ0n) is 14.8. The number of rotatable bonds is 15. The van der Waals surface area contributed by atoms with Crippen LogP contribution in [0.4, 0.5) is 0 Å². The fourth-order valence-corrected chi connectivity index (χ4v) is 2.65. The molecular weight excluding hydrogens is 298 g/mol. The van der Waals surface area contributed by atoms with Crippen LogP contribution in [0.15, 0.2) is 0 Å². The van der Waals surface area contributed by atoms with Gasteiger partial charge in [0, 0.05) is 0 Å². The third-order valence-electron chi connectivity index (χ3n) is 4.08. The Balaban J connectivity index is 0. The van der Waals surface area contributed by atoms with E-state index in [-0.39, 0.29) is 24.9 Å². The van der Waals surface area contributed by atoms with Crippen LogP contribution in [0, 0.1) is 5.92 Å². The van der Waals surface area contributed by atoms with Crippen LogP contribution in [-0.4, -0.2) is 19.1 Å². The number of carbonyl (C=O) groups excluding carboxylic acids is 1. The van der Waals surface area contributed by atoms with E-state index in [1.165, 1.54) is 77.0 Å². The highest BCUT2D eigenvalue weighted by Crippen LogP contribution is 2.19. The molecule has 0 radical (unpaired) electrons. The minimum Gasteiger partial charge on any atom is -0.464 e. The van der Waals surface area contributed by atoms with E-state index < -0.39 is 0 Å². The summed E-state index contributed by atoms with van der Waals surface area (Å²) in [7, 11) is 0. The van der Waals surface area contributed by atoms with Gasteiger partial charge in [-0.1, -0.05) is 78.1 Å². The molecule has 0 fully saturated rings. The second-order valence-electron chi connectivity index (χ2n) is 6.16. The van der Waals surface area contributed by atoms with E-state index in [4.69, 9.17) is 10.5 Å². The molecule has 0 rings (SSSR count). The molecule has 0 saturated heterocycles. The molecule has 4 heteroatoms. The van der Waals surface area contributed by atoms with Gasteiger partial charge in [-0.25, -0.2) is 0 Å². The van der Waals surface area contributed by atoms with Gasteiger partial charge in [-0.3, -0.25) is 4.79 Å². The highest BCUT2D eigenvalue weighted by Gasteiger charge is 2.11. The van der Waals surface area contributed by atoms with Crippen LogP contribution < -0.4 is 5.73 Å². The van der Waals surface area contributed by atoms with Crippen molar-refractivity contribution in [1.29, 1.82) is 0 Å².